The van der Waals surface area contributed by atoms with E-state index in [1.807, 2.05) is 6.07 Å². The van der Waals surface area contributed by atoms with Crippen LogP contribution in [-0.2, 0) is 33.7 Å². The molecule has 2 aromatic carbocycles. The van der Waals surface area contributed by atoms with Gasteiger partial charge in [-0.15, -0.1) is 0 Å². The van der Waals surface area contributed by atoms with Gasteiger partial charge in [-0.3, -0.25) is 9.02 Å². The van der Waals surface area contributed by atoms with Gasteiger partial charge in [-0.05, 0) is 54.9 Å². The second kappa shape index (κ2) is 11.2. The van der Waals surface area contributed by atoms with Crippen molar-refractivity contribution in [2.45, 2.75) is 28.6 Å². The lowest BCUT2D eigenvalue weighted by Crippen LogP contribution is -2.43. The summed E-state index contributed by atoms with van der Waals surface area (Å²) in [5.41, 5.74) is 1.71. The minimum atomic E-state index is -4.16. The second-order valence-corrected chi connectivity index (χ2v) is 10.7. The Morgan fingerprint density at radius 3 is 2.53 bits per heavy atom. The Balaban J connectivity index is 1.53. The highest BCUT2D eigenvalue weighted by molar-refractivity contribution is 7.92. The summed E-state index contributed by atoms with van der Waals surface area (Å²) < 4.78 is 61.2. The van der Waals surface area contributed by atoms with E-state index in [4.69, 9.17) is 18.6 Å². The third kappa shape index (κ3) is 6.72. The summed E-state index contributed by atoms with van der Waals surface area (Å²) in [7, 11) is -8.03. The lowest BCUT2D eigenvalue weighted by atomic mass is 10.2. The molecule has 1 unspecified atom stereocenters. The summed E-state index contributed by atoms with van der Waals surface area (Å²) in [4.78, 5) is 9.83. The third-order valence-electron chi connectivity index (χ3n) is 4.47. The minimum Gasteiger partial charge on any atom is -0.383 e. The fraction of sp³-hybridized carbons (Fsp3) is 0.400. The van der Waals surface area contributed by atoms with Crippen LogP contribution < -0.4 is 15.8 Å². The zero-order valence-corrected chi connectivity index (χ0v) is 19.2. The number of hydrogen-bond acceptors (Lipinski definition) is 10. The quantitative estimate of drug-likeness (QED) is 0.273. The van der Waals surface area contributed by atoms with Crippen molar-refractivity contribution in [2.75, 3.05) is 32.9 Å². The second-order valence-electron chi connectivity index (χ2n) is 7.01. The Bertz CT molecular complexity index is 1090. The number of aryl methyl sites for hydroxylation is 1. The van der Waals surface area contributed by atoms with Gasteiger partial charge in [0.2, 0.25) is 9.84 Å². The van der Waals surface area contributed by atoms with Crippen LogP contribution in [0.1, 0.15) is 12.0 Å². The standard InChI is InChI=1S/C20H26N2O8S2/c1-16-12-18(31(23,24)20-15-21-8-11-27-20)14-19(13-16)32(25,26)29-10-5-9-28-22-30-17-6-3-2-4-7-17/h2-4,6-7,12-14,20-22H,5,8-11,15H2,1H3. The van der Waals surface area contributed by atoms with Crippen LogP contribution in [-0.4, -0.2) is 55.2 Å². The van der Waals surface area contributed by atoms with Crippen molar-refractivity contribution in [3.05, 3.63) is 54.1 Å². The van der Waals surface area contributed by atoms with Crippen molar-refractivity contribution in [1.29, 1.82) is 0 Å². The molecule has 0 radical (unpaired) electrons. The van der Waals surface area contributed by atoms with E-state index in [-0.39, 0.29) is 42.6 Å². The molecule has 0 aliphatic carbocycles. The number of nitrogens with one attached hydrogen (secondary N) is 2. The van der Waals surface area contributed by atoms with E-state index in [0.717, 1.165) is 6.07 Å². The molecular weight excluding hydrogens is 460 g/mol. The van der Waals surface area contributed by atoms with Gasteiger partial charge in [0.15, 0.2) is 5.44 Å². The molecule has 32 heavy (non-hydrogen) atoms. The highest BCUT2D eigenvalue weighted by Crippen LogP contribution is 2.24. The van der Waals surface area contributed by atoms with Crippen LogP contribution in [0.5, 0.6) is 5.75 Å². The molecule has 0 amide bonds. The Labute approximate surface area is 187 Å². The zero-order chi connectivity index (χ0) is 23.0. The van der Waals surface area contributed by atoms with E-state index >= 15 is 0 Å². The highest BCUT2D eigenvalue weighted by atomic mass is 32.2. The summed E-state index contributed by atoms with van der Waals surface area (Å²) in [6.45, 7) is 2.55. The van der Waals surface area contributed by atoms with Crippen molar-refractivity contribution in [2.24, 2.45) is 0 Å². The van der Waals surface area contributed by atoms with Gasteiger partial charge in [-0.1, -0.05) is 18.2 Å². The van der Waals surface area contributed by atoms with Crippen molar-refractivity contribution in [3.8, 4) is 5.75 Å². The van der Waals surface area contributed by atoms with E-state index in [1.54, 1.807) is 31.2 Å². The molecule has 0 spiro atoms. The SMILES string of the molecule is Cc1cc(S(=O)(=O)OCCCONOc2ccccc2)cc(S(=O)(=O)C2CNCCO2)c1. The van der Waals surface area contributed by atoms with Crippen molar-refractivity contribution in [3.63, 3.8) is 0 Å². The first-order valence-corrected chi connectivity index (χ1v) is 12.9. The number of morpholine rings is 1. The van der Waals surface area contributed by atoms with Crippen LogP contribution in [0.15, 0.2) is 58.3 Å². The van der Waals surface area contributed by atoms with Crippen molar-refractivity contribution >= 4 is 20.0 Å². The summed E-state index contributed by atoms with van der Waals surface area (Å²) in [5, 5.41) is 2.96. The van der Waals surface area contributed by atoms with Gasteiger partial charge >= 0.3 is 0 Å². The van der Waals surface area contributed by atoms with Gasteiger partial charge in [0.05, 0.1) is 29.6 Å². The normalized spacial score (nSPS) is 17.2. The molecule has 12 heteroatoms. The first kappa shape index (κ1) is 24.6. The number of ether oxygens (including phenoxy) is 1. The van der Waals surface area contributed by atoms with Gasteiger partial charge in [0.25, 0.3) is 10.1 Å². The molecule has 1 fully saturated rings. The van der Waals surface area contributed by atoms with Crippen LogP contribution in [0.3, 0.4) is 0 Å². The predicted molar refractivity (Wildman–Crippen MR) is 115 cm³/mol. The lowest BCUT2D eigenvalue weighted by Gasteiger charge is -2.23. The number of para-hydroxylation sites is 1. The largest absolute Gasteiger partial charge is 0.383 e. The molecule has 1 heterocycles. The molecule has 2 aromatic rings. The van der Waals surface area contributed by atoms with E-state index in [0.29, 0.717) is 17.9 Å². The topological polar surface area (TPSA) is 129 Å². The summed E-state index contributed by atoms with van der Waals surface area (Å²) in [5.74, 6) is 0.561. The maximum Gasteiger partial charge on any atom is 0.297 e. The Kier molecular flexibility index (Phi) is 8.59. The molecule has 3 rings (SSSR count). The van der Waals surface area contributed by atoms with E-state index < -0.39 is 25.4 Å². The number of sulfone groups is 1. The molecule has 1 saturated heterocycles. The number of benzene rings is 2. The average Bonchev–Trinajstić information content (AvgIpc) is 2.79. The maximum absolute atomic E-state index is 12.8. The minimum absolute atomic E-state index is 0.126. The first-order valence-electron chi connectivity index (χ1n) is 9.95. The van der Waals surface area contributed by atoms with Crippen LogP contribution in [0.2, 0.25) is 0 Å². The van der Waals surface area contributed by atoms with Gasteiger partial charge in [-0.2, -0.15) is 8.42 Å². The number of rotatable bonds is 11. The van der Waals surface area contributed by atoms with E-state index in [1.165, 1.54) is 12.1 Å². The molecule has 0 aromatic heterocycles. The lowest BCUT2D eigenvalue weighted by molar-refractivity contribution is -0.108. The molecule has 1 aliphatic rings. The molecular formula is C20H26N2O8S2. The summed E-state index contributed by atoms with van der Waals surface area (Å²) in [6, 6.07) is 12.8. The summed E-state index contributed by atoms with van der Waals surface area (Å²) in [6.07, 6.45) is 0.253. The van der Waals surface area contributed by atoms with Crippen LogP contribution in [0.4, 0.5) is 0 Å². The smallest absolute Gasteiger partial charge is 0.297 e. The number of hydrogen-bond donors (Lipinski definition) is 2. The van der Waals surface area contributed by atoms with Gasteiger partial charge in [0.1, 0.15) is 5.75 Å². The van der Waals surface area contributed by atoms with Gasteiger partial charge in [0, 0.05) is 13.1 Å². The third-order valence-corrected chi connectivity index (χ3v) is 7.65. The average molecular weight is 487 g/mol. The van der Waals surface area contributed by atoms with Crippen LogP contribution in [0.25, 0.3) is 0 Å². The molecule has 0 bridgehead atoms. The molecule has 1 atom stereocenters. The Morgan fingerprint density at radius 1 is 1.06 bits per heavy atom. The van der Waals surface area contributed by atoms with Crippen molar-refractivity contribution in [1.82, 2.24) is 11.0 Å². The van der Waals surface area contributed by atoms with E-state index in [2.05, 4.69) is 11.0 Å². The maximum atomic E-state index is 12.8. The molecule has 10 nitrogen and oxygen atoms in total. The van der Waals surface area contributed by atoms with Gasteiger partial charge < -0.3 is 14.9 Å². The highest BCUT2D eigenvalue weighted by Gasteiger charge is 2.31. The fourth-order valence-corrected chi connectivity index (χ4v) is 5.60. The predicted octanol–water partition coefficient (Wildman–Crippen LogP) is 1.33. The van der Waals surface area contributed by atoms with E-state index in [9.17, 15) is 16.8 Å². The molecule has 2 N–H and O–H groups in total. The molecule has 0 saturated carbocycles. The van der Waals surface area contributed by atoms with Gasteiger partial charge in [-0.25, -0.2) is 8.42 Å². The Hall–Kier alpha value is -2.06. The van der Waals surface area contributed by atoms with Crippen LogP contribution >= 0.6 is 0 Å². The Morgan fingerprint density at radius 2 is 1.81 bits per heavy atom. The monoisotopic (exact) mass is 486 g/mol. The molecule has 176 valence electrons. The zero-order valence-electron chi connectivity index (χ0n) is 17.5. The first-order chi connectivity index (χ1) is 15.3. The summed E-state index contributed by atoms with van der Waals surface area (Å²) >= 11 is 0. The molecule has 1 aliphatic heterocycles. The van der Waals surface area contributed by atoms with Crippen LogP contribution in [0, 0.1) is 6.92 Å². The fourth-order valence-electron chi connectivity index (χ4n) is 2.89. The van der Waals surface area contributed by atoms with Crippen molar-refractivity contribution < 1.29 is 35.4 Å².